The largest absolute Gasteiger partial charge is 0.361 e. The van der Waals surface area contributed by atoms with Crippen LogP contribution in [-0.2, 0) is 18.0 Å². The van der Waals surface area contributed by atoms with Gasteiger partial charge in [0.25, 0.3) is 5.91 Å². The van der Waals surface area contributed by atoms with Crippen molar-refractivity contribution in [3.8, 4) is 11.4 Å². The lowest BCUT2D eigenvalue weighted by Gasteiger charge is -2.15. The summed E-state index contributed by atoms with van der Waals surface area (Å²) in [5.41, 5.74) is 4.88. The number of aromatic nitrogens is 5. The van der Waals surface area contributed by atoms with E-state index in [0.29, 0.717) is 53.0 Å². The minimum Gasteiger partial charge on any atom is -0.361 e. The molecule has 0 saturated carbocycles. The molecule has 3 heterocycles. The van der Waals surface area contributed by atoms with Gasteiger partial charge in [-0.05, 0) is 43.7 Å². The molecule has 1 amide bonds. The molecule has 0 aliphatic heterocycles. The Labute approximate surface area is 240 Å². The van der Waals surface area contributed by atoms with Crippen molar-refractivity contribution >= 4 is 47.6 Å². The highest BCUT2D eigenvalue weighted by molar-refractivity contribution is 6.76. The van der Waals surface area contributed by atoms with Crippen molar-refractivity contribution in [1.82, 2.24) is 29.6 Å². The van der Waals surface area contributed by atoms with E-state index in [1.165, 1.54) is 0 Å². The third-order valence-corrected chi connectivity index (χ3v) is 8.53. The van der Waals surface area contributed by atoms with Crippen molar-refractivity contribution in [2.75, 3.05) is 6.61 Å². The number of carbonyl (C=O) groups is 1. The van der Waals surface area contributed by atoms with E-state index < -0.39 is 8.07 Å². The zero-order chi connectivity index (χ0) is 28.4. The normalized spacial score (nSPS) is 12.1. The molecule has 0 saturated heterocycles. The molecule has 10 heteroatoms. The topological polar surface area (TPSA) is 86.9 Å². The number of nitrogens with one attached hydrogen (secondary N) is 1. The van der Waals surface area contributed by atoms with Crippen molar-refractivity contribution < 1.29 is 9.53 Å². The molecule has 2 aromatic carbocycles. The number of nitrogens with zero attached hydrogens (tertiary/aromatic N) is 5. The van der Waals surface area contributed by atoms with Crippen LogP contribution in [0.1, 0.15) is 29.8 Å². The van der Waals surface area contributed by atoms with E-state index >= 15 is 0 Å². The van der Waals surface area contributed by atoms with Crippen LogP contribution in [0.4, 0.5) is 0 Å². The summed E-state index contributed by atoms with van der Waals surface area (Å²) in [7, 11) is -1.22. The van der Waals surface area contributed by atoms with Gasteiger partial charge in [0.2, 0.25) is 0 Å². The molecular weight excluding hydrogens is 540 g/mol. The zero-order valence-electron chi connectivity index (χ0n) is 23.6. The molecule has 0 radical (unpaired) electrons. The number of halogens is 1. The van der Waals surface area contributed by atoms with Gasteiger partial charge in [0.05, 0.1) is 23.8 Å². The maximum Gasteiger partial charge on any atom is 0.255 e. The van der Waals surface area contributed by atoms with Crippen molar-refractivity contribution in [3.05, 3.63) is 77.1 Å². The number of hydrogen-bond acceptors (Lipinski definition) is 5. The van der Waals surface area contributed by atoms with E-state index in [0.717, 1.165) is 22.5 Å². The highest BCUT2D eigenvalue weighted by Gasteiger charge is 2.22. The Bertz CT molecular complexity index is 1660. The third-order valence-electron chi connectivity index (χ3n) is 6.59. The van der Waals surface area contributed by atoms with E-state index in [1.54, 1.807) is 12.4 Å². The van der Waals surface area contributed by atoms with Crippen molar-refractivity contribution in [1.29, 1.82) is 0 Å². The standard InChI is InChI=1S/C30H35ClN6O2Si/c1-20(2)33-30(38)24-18-36(19-39-13-14-40(3,4)5)29-28(24)34-25(16-32-29)27-23-12-11-22(31)15-26(23)37(35-27)17-21-9-7-6-8-10-21/h6-12,15-16,18,20H,13-14,17,19H2,1-5H3,(H,33,38). The van der Waals surface area contributed by atoms with E-state index in [-0.39, 0.29) is 11.9 Å². The Hall–Kier alpha value is -3.53. The molecule has 5 rings (SSSR count). The predicted molar refractivity (Wildman–Crippen MR) is 164 cm³/mol. The van der Waals surface area contributed by atoms with Gasteiger partial charge in [-0.25, -0.2) is 9.97 Å². The highest BCUT2D eigenvalue weighted by atomic mass is 35.5. The highest BCUT2D eigenvalue weighted by Crippen LogP contribution is 2.31. The minimum absolute atomic E-state index is 0.0163. The van der Waals surface area contributed by atoms with Crippen molar-refractivity contribution in [2.45, 2.75) is 58.9 Å². The maximum atomic E-state index is 13.2. The van der Waals surface area contributed by atoms with Gasteiger partial charge in [-0.2, -0.15) is 5.10 Å². The third kappa shape index (κ3) is 6.27. The molecule has 0 aliphatic carbocycles. The van der Waals surface area contributed by atoms with Crippen LogP contribution < -0.4 is 5.32 Å². The molecule has 40 heavy (non-hydrogen) atoms. The summed E-state index contributed by atoms with van der Waals surface area (Å²) in [6.45, 7) is 12.4. The summed E-state index contributed by atoms with van der Waals surface area (Å²) in [4.78, 5) is 22.9. The molecule has 208 valence electrons. The fourth-order valence-electron chi connectivity index (χ4n) is 4.52. The smallest absolute Gasteiger partial charge is 0.255 e. The molecule has 0 fully saturated rings. The fraction of sp³-hybridized carbons (Fsp3) is 0.333. The maximum absolute atomic E-state index is 13.2. The van der Waals surface area contributed by atoms with E-state index in [4.69, 9.17) is 31.4 Å². The Morgan fingerprint density at radius 3 is 2.62 bits per heavy atom. The summed E-state index contributed by atoms with van der Waals surface area (Å²) >= 11 is 6.38. The summed E-state index contributed by atoms with van der Waals surface area (Å²) in [6, 6.07) is 16.9. The summed E-state index contributed by atoms with van der Waals surface area (Å²) in [6.07, 6.45) is 3.50. The Morgan fingerprint density at radius 2 is 1.90 bits per heavy atom. The first-order valence-corrected chi connectivity index (χ1v) is 17.6. The molecule has 3 aromatic heterocycles. The lowest BCUT2D eigenvalue weighted by atomic mass is 10.1. The van der Waals surface area contributed by atoms with Crippen LogP contribution in [0.3, 0.4) is 0 Å². The molecule has 5 aromatic rings. The number of hydrogen-bond donors (Lipinski definition) is 1. The van der Waals surface area contributed by atoms with Crippen molar-refractivity contribution in [2.24, 2.45) is 0 Å². The predicted octanol–water partition coefficient (Wildman–Crippen LogP) is 6.60. The number of ether oxygens (including phenoxy) is 1. The van der Waals surface area contributed by atoms with Gasteiger partial charge in [-0.15, -0.1) is 0 Å². The minimum atomic E-state index is -1.22. The second-order valence-electron chi connectivity index (χ2n) is 11.6. The number of amides is 1. The van der Waals surface area contributed by atoms with E-state index in [1.807, 2.05) is 59.5 Å². The van der Waals surface area contributed by atoms with E-state index in [9.17, 15) is 4.79 Å². The first-order valence-electron chi connectivity index (χ1n) is 13.5. The summed E-state index contributed by atoms with van der Waals surface area (Å²) in [5, 5.41) is 9.48. The van der Waals surface area contributed by atoms with Crippen LogP contribution in [-0.4, -0.2) is 50.9 Å². The first-order chi connectivity index (χ1) is 19.1. The van der Waals surface area contributed by atoms with Gasteiger partial charge in [0.15, 0.2) is 5.65 Å². The van der Waals surface area contributed by atoms with Gasteiger partial charge in [-0.3, -0.25) is 9.48 Å². The molecule has 0 bridgehead atoms. The fourth-order valence-corrected chi connectivity index (χ4v) is 5.45. The van der Waals surface area contributed by atoms with Crippen LogP contribution >= 0.6 is 11.6 Å². The second-order valence-corrected chi connectivity index (χ2v) is 17.6. The zero-order valence-corrected chi connectivity index (χ0v) is 25.4. The Morgan fingerprint density at radius 1 is 1.12 bits per heavy atom. The van der Waals surface area contributed by atoms with Gasteiger partial charge in [-0.1, -0.05) is 61.6 Å². The molecule has 1 N–H and O–H groups in total. The number of fused-ring (bicyclic) bond motifs is 2. The van der Waals surface area contributed by atoms with E-state index in [2.05, 4.69) is 37.1 Å². The average molecular weight is 575 g/mol. The first kappa shape index (κ1) is 28.0. The number of carbonyl (C=O) groups excluding carboxylic acids is 1. The molecule has 0 spiro atoms. The Kier molecular flexibility index (Phi) is 8.07. The second kappa shape index (κ2) is 11.5. The quantitative estimate of drug-likeness (QED) is 0.150. The Balaban J connectivity index is 1.56. The number of benzene rings is 2. The van der Waals surface area contributed by atoms with Crippen LogP contribution in [0.15, 0.2) is 60.9 Å². The SMILES string of the molecule is CC(C)NC(=O)c1cn(COCC[Si](C)(C)C)c2ncc(-c3nn(Cc4ccccc4)c4cc(Cl)ccc34)nc12. The summed E-state index contributed by atoms with van der Waals surface area (Å²) in [5.74, 6) is -0.196. The molecular formula is C30H35ClN6O2Si. The molecule has 0 atom stereocenters. The lowest BCUT2D eigenvalue weighted by molar-refractivity contribution is 0.0890. The van der Waals surface area contributed by atoms with Crippen LogP contribution in [0.2, 0.25) is 30.7 Å². The monoisotopic (exact) mass is 574 g/mol. The molecule has 8 nitrogen and oxygen atoms in total. The summed E-state index contributed by atoms with van der Waals surface area (Å²) < 4.78 is 9.78. The van der Waals surface area contributed by atoms with Crippen LogP contribution in [0.5, 0.6) is 0 Å². The van der Waals surface area contributed by atoms with Crippen molar-refractivity contribution in [3.63, 3.8) is 0 Å². The molecule has 0 aliphatic rings. The average Bonchev–Trinajstić information content (AvgIpc) is 3.44. The van der Waals surface area contributed by atoms with Gasteiger partial charge in [0, 0.05) is 37.3 Å². The molecule has 0 unspecified atom stereocenters. The van der Waals surface area contributed by atoms with Gasteiger partial charge < -0.3 is 14.6 Å². The van der Waals surface area contributed by atoms with Crippen LogP contribution in [0.25, 0.3) is 33.5 Å². The van der Waals surface area contributed by atoms with Crippen LogP contribution in [0, 0.1) is 0 Å². The number of rotatable bonds is 10. The van der Waals surface area contributed by atoms with Gasteiger partial charge >= 0.3 is 0 Å². The lowest BCUT2D eigenvalue weighted by Crippen LogP contribution is -2.30. The van der Waals surface area contributed by atoms with Gasteiger partial charge in [0.1, 0.15) is 23.6 Å².